The van der Waals surface area contributed by atoms with E-state index in [4.69, 9.17) is 28.6 Å². The number of aryl methyl sites for hydroxylation is 1. The van der Waals surface area contributed by atoms with Crippen molar-refractivity contribution in [3.8, 4) is 5.75 Å². The number of hydrogen-bond donors (Lipinski definition) is 2. The summed E-state index contributed by atoms with van der Waals surface area (Å²) in [5, 5.41) is 8.00. The summed E-state index contributed by atoms with van der Waals surface area (Å²) in [6.07, 6.45) is 0. The number of hydrogen-bond acceptors (Lipinski definition) is 4. The lowest BCUT2D eigenvalue weighted by Gasteiger charge is -2.12. The number of nitrogens with one attached hydrogen (secondary N) is 2. The van der Waals surface area contributed by atoms with Crippen molar-refractivity contribution in [3.05, 3.63) is 47.0 Å². The molecule has 7 heteroatoms. The maximum Gasteiger partial charge on any atom is 0.190 e. The van der Waals surface area contributed by atoms with E-state index in [2.05, 4.69) is 15.6 Å². The second-order valence-corrected chi connectivity index (χ2v) is 6.73. The topological polar surface area (TPSA) is 46.2 Å². The molecule has 1 heterocycles. The Labute approximate surface area is 148 Å². The predicted molar refractivity (Wildman–Crippen MR) is 102 cm³/mol. The summed E-state index contributed by atoms with van der Waals surface area (Å²) in [4.78, 5) is 4.47. The molecule has 118 valence electrons. The first-order valence-electron chi connectivity index (χ1n) is 6.84. The molecule has 0 aliphatic rings. The maximum atomic E-state index is 6.15. The van der Waals surface area contributed by atoms with Crippen molar-refractivity contribution in [2.24, 2.45) is 0 Å². The molecule has 2 aromatic carbocycles. The molecule has 4 nitrogen and oxygen atoms in total. The van der Waals surface area contributed by atoms with Crippen LogP contribution in [0.4, 0.5) is 10.8 Å². The van der Waals surface area contributed by atoms with Crippen LogP contribution in [0.25, 0.3) is 10.2 Å². The molecule has 0 aliphatic carbocycles. The number of halogens is 1. The Bertz CT molecular complexity index is 879. The van der Waals surface area contributed by atoms with Gasteiger partial charge in [0.1, 0.15) is 11.3 Å². The molecule has 0 amide bonds. The number of benzene rings is 2. The molecule has 0 saturated heterocycles. The lowest BCUT2D eigenvalue weighted by Crippen LogP contribution is -2.19. The van der Waals surface area contributed by atoms with E-state index in [0.29, 0.717) is 15.3 Å². The van der Waals surface area contributed by atoms with Crippen molar-refractivity contribution >= 4 is 61.3 Å². The Morgan fingerprint density at radius 1 is 1.26 bits per heavy atom. The molecule has 0 aliphatic heterocycles. The Hall–Kier alpha value is -1.89. The van der Waals surface area contributed by atoms with E-state index < -0.39 is 0 Å². The van der Waals surface area contributed by atoms with Gasteiger partial charge in [0.2, 0.25) is 0 Å². The first kappa shape index (κ1) is 16.0. The highest BCUT2D eigenvalue weighted by atomic mass is 35.5. The number of fused-ring (bicyclic) bond motifs is 1. The number of thiocarbonyl (C=S) groups is 1. The van der Waals surface area contributed by atoms with Gasteiger partial charge in [0, 0.05) is 0 Å². The van der Waals surface area contributed by atoms with Gasteiger partial charge in [0.25, 0.3) is 0 Å². The van der Waals surface area contributed by atoms with E-state index in [9.17, 15) is 0 Å². The van der Waals surface area contributed by atoms with Gasteiger partial charge in [-0.2, -0.15) is 0 Å². The van der Waals surface area contributed by atoms with Crippen molar-refractivity contribution < 1.29 is 4.74 Å². The summed E-state index contributed by atoms with van der Waals surface area (Å²) in [6.45, 7) is 2.01. The van der Waals surface area contributed by atoms with Crippen molar-refractivity contribution in [3.63, 3.8) is 0 Å². The maximum absolute atomic E-state index is 6.15. The highest BCUT2D eigenvalue weighted by Gasteiger charge is 2.10. The molecule has 3 aromatic rings. The van der Waals surface area contributed by atoms with E-state index in [1.165, 1.54) is 11.3 Å². The molecule has 2 N–H and O–H groups in total. The third-order valence-corrected chi connectivity index (χ3v) is 4.64. The Balaban J connectivity index is 1.78. The Morgan fingerprint density at radius 2 is 2.09 bits per heavy atom. The normalized spacial score (nSPS) is 10.6. The van der Waals surface area contributed by atoms with Crippen LogP contribution in [-0.2, 0) is 0 Å². The predicted octanol–water partition coefficient (Wildman–Crippen LogP) is 5.08. The molecule has 0 spiro atoms. The van der Waals surface area contributed by atoms with Gasteiger partial charge < -0.3 is 15.4 Å². The third kappa shape index (κ3) is 3.55. The van der Waals surface area contributed by atoms with Gasteiger partial charge in [-0.15, -0.1) is 0 Å². The smallest absolute Gasteiger partial charge is 0.190 e. The van der Waals surface area contributed by atoms with Crippen LogP contribution in [0.3, 0.4) is 0 Å². The van der Waals surface area contributed by atoms with Crippen LogP contribution in [0.15, 0.2) is 36.4 Å². The molecule has 3 rings (SSSR count). The highest BCUT2D eigenvalue weighted by Crippen LogP contribution is 2.31. The number of methoxy groups -OCH3 is 1. The summed E-state index contributed by atoms with van der Waals surface area (Å²) >= 11 is 13.0. The van der Waals surface area contributed by atoms with Crippen LogP contribution in [-0.4, -0.2) is 17.2 Å². The molecular weight excluding hydrogens is 350 g/mol. The van der Waals surface area contributed by atoms with Crippen LogP contribution in [0.2, 0.25) is 5.02 Å². The highest BCUT2D eigenvalue weighted by molar-refractivity contribution is 7.80. The van der Waals surface area contributed by atoms with Crippen LogP contribution in [0.1, 0.15) is 5.56 Å². The summed E-state index contributed by atoms with van der Waals surface area (Å²) in [5.41, 5.74) is 2.70. The molecular formula is C16H14ClN3OS2. The fourth-order valence-corrected chi connectivity index (χ4v) is 3.58. The lowest BCUT2D eigenvalue weighted by molar-refractivity contribution is 0.417. The van der Waals surface area contributed by atoms with Gasteiger partial charge in [-0.05, 0) is 49.0 Å². The van der Waals surface area contributed by atoms with Crippen LogP contribution in [0, 0.1) is 6.92 Å². The van der Waals surface area contributed by atoms with Crippen LogP contribution >= 0.6 is 35.2 Å². The van der Waals surface area contributed by atoms with Crippen molar-refractivity contribution in [2.75, 3.05) is 17.7 Å². The third-order valence-electron chi connectivity index (χ3n) is 3.19. The van der Waals surface area contributed by atoms with Gasteiger partial charge in [-0.25, -0.2) is 4.98 Å². The quantitative estimate of drug-likeness (QED) is 0.636. The molecule has 23 heavy (non-hydrogen) atoms. The number of para-hydroxylation sites is 1. The fraction of sp³-hybridized carbons (Fsp3) is 0.125. The van der Waals surface area contributed by atoms with Crippen LogP contribution in [0.5, 0.6) is 5.75 Å². The zero-order valence-corrected chi connectivity index (χ0v) is 14.9. The van der Waals surface area contributed by atoms with Gasteiger partial charge in [-0.1, -0.05) is 35.1 Å². The Kier molecular flexibility index (Phi) is 4.66. The summed E-state index contributed by atoms with van der Waals surface area (Å²) in [6, 6.07) is 11.6. The summed E-state index contributed by atoms with van der Waals surface area (Å²) < 4.78 is 6.34. The summed E-state index contributed by atoms with van der Waals surface area (Å²) in [7, 11) is 1.63. The Morgan fingerprint density at radius 3 is 2.83 bits per heavy atom. The van der Waals surface area contributed by atoms with Crippen LogP contribution < -0.4 is 15.4 Å². The average molecular weight is 364 g/mol. The van der Waals surface area contributed by atoms with E-state index in [-0.39, 0.29) is 0 Å². The number of rotatable bonds is 3. The minimum absolute atomic E-state index is 0.448. The largest absolute Gasteiger partial charge is 0.495 e. The number of anilines is 2. The molecule has 0 atom stereocenters. The van der Waals surface area contributed by atoms with E-state index >= 15 is 0 Å². The number of nitrogens with zero attached hydrogens (tertiary/aromatic N) is 1. The van der Waals surface area contributed by atoms with E-state index in [1.54, 1.807) is 7.11 Å². The van der Waals surface area contributed by atoms with Crippen molar-refractivity contribution in [1.29, 1.82) is 0 Å². The SMILES string of the molecule is COc1ccc(C)cc1NC(=S)Nc1nc2c(Cl)cccc2s1. The molecule has 0 unspecified atom stereocenters. The molecule has 0 radical (unpaired) electrons. The van der Waals surface area contributed by atoms with Gasteiger partial charge >= 0.3 is 0 Å². The first-order chi connectivity index (χ1) is 11.1. The number of ether oxygens (including phenoxy) is 1. The second-order valence-electron chi connectivity index (χ2n) is 4.89. The summed E-state index contributed by atoms with van der Waals surface area (Å²) in [5.74, 6) is 0.729. The second kappa shape index (κ2) is 6.70. The lowest BCUT2D eigenvalue weighted by atomic mass is 10.2. The average Bonchev–Trinajstić information content (AvgIpc) is 2.91. The van der Waals surface area contributed by atoms with E-state index in [0.717, 1.165) is 27.2 Å². The molecule has 0 saturated carbocycles. The molecule has 0 bridgehead atoms. The van der Waals surface area contributed by atoms with Gasteiger partial charge in [0.15, 0.2) is 10.2 Å². The number of aromatic nitrogens is 1. The van der Waals surface area contributed by atoms with Crippen molar-refractivity contribution in [1.82, 2.24) is 4.98 Å². The first-order valence-corrected chi connectivity index (χ1v) is 8.45. The zero-order valence-electron chi connectivity index (χ0n) is 12.5. The minimum Gasteiger partial charge on any atom is -0.495 e. The monoisotopic (exact) mass is 363 g/mol. The van der Waals surface area contributed by atoms with Gasteiger partial charge in [-0.3, -0.25) is 0 Å². The molecule has 1 aromatic heterocycles. The van der Waals surface area contributed by atoms with Gasteiger partial charge in [0.05, 0.1) is 22.5 Å². The van der Waals surface area contributed by atoms with Crippen molar-refractivity contribution in [2.45, 2.75) is 6.92 Å². The molecule has 0 fully saturated rings. The fourth-order valence-electron chi connectivity index (χ4n) is 2.14. The number of thiazole rings is 1. The standard InChI is InChI=1S/C16H14ClN3OS2/c1-9-6-7-12(21-2)11(8-9)18-15(22)20-16-19-14-10(17)4-3-5-13(14)23-16/h3-8H,1-2H3,(H2,18,19,20,22). The van der Waals surface area contributed by atoms with E-state index in [1.807, 2.05) is 43.3 Å². The minimum atomic E-state index is 0.448. The zero-order chi connectivity index (χ0) is 16.4.